The predicted molar refractivity (Wildman–Crippen MR) is 123 cm³/mol. The summed E-state index contributed by atoms with van der Waals surface area (Å²) in [5.41, 5.74) is 6.66. The van der Waals surface area contributed by atoms with Gasteiger partial charge in [-0.3, -0.25) is 15.0 Å². The van der Waals surface area contributed by atoms with Crippen LogP contribution in [0.15, 0.2) is 78.9 Å². The first-order chi connectivity index (χ1) is 16.2. The van der Waals surface area contributed by atoms with Gasteiger partial charge in [-0.15, -0.1) is 0 Å². The molecule has 1 aliphatic rings. The molecule has 0 saturated heterocycles. The minimum Gasteiger partial charge on any atom is -0.492 e. The van der Waals surface area contributed by atoms with E-state index in [4.69, 9.17) is 14.2 Å². The summed E-state index contributed by atoms with van der Waals surface area (Å²) in [5, 5.41) is 2.88. The van der Waals surface area contributed by atoms with E-state index >= 15 is 0 Å². The van der Waals surface area contributed by atoms with Crippen molar-refractivity contribution < 1.29 is 23.8 Å². The zero-order valence-corrected chi connectivity index (χ0v) is 18.1. The second-order valence-corrected chi connectivity index (χ2v) is 7.26. The van der Waals surface area contributed by atoms with Gasteiger partial charge in [0.25, 0.3) is 5.91 Å². The van der Waals surface area contributed by atoms with Gasteiger partial charge in [-0.2, -0.15) is 0 Å². The highest BCUT2D eigenvalue weighted by Crippen LogP contribution is 2.31. The molecule has 8 nitrogen and oxygen atoms in total. The maximum Gasteiger partial charge on any atom is 0.278 e. The van der Waals surface area contributed by atoms with Gasteiger partial charge in [0, 0.05) is 0 Å². The fourth-order valence-corrected chi connectivity index (χ4v) is 3.37. The van der Waals surface area contributed by atoms with E-state index in [1.807, 2.05) is 43.3 Å². The van der Waals surface area contributed by atoms with Crippen molar-refractivity contribution in [3.63, 3.8) is 0 Å². The van der Waals surface area contributed by atoms with Crippen LogP contribution in [0.4, 0.5) is 5.69 Å². The number of carbonyl (C=O) groups is 2. The molecular formula is C25H25N3O5. The van der Waals surface area contributed by atoms with E-state index in [9.17, 15) is 9.59 Å². The van der Waals surface area contributed by atoms with Crippen LogP contribution in [0.25, 0.3) is 0 Å². The SMILES string of the molecule is CCOc1ccccc1NC(=O)[C@@H](NNC(=O)[C@@H]1COc2ccccc2O1)c1ccccc1. The van der Waals surface area contributed by atoms with E-state index in [0.29, 0.717) is 35.1 Å². The van der Waals surface area contributed by atoms with Gasteiger partial charge in [0.1, 0.15) is 18.4 Å². The Morgan fingerprint density at radius 1 is 0.970 bits per heavy atom. The molecule has 0 fully saturated rings. The van der Waals surface area contributed by atoms with Gasteiger partial charge in [0.15, 0.2) is 11.5 Å². The number of anilines is 1. The molecule has 0 spiro atoms. The topological polar surface area (TPSA) is 97.9 Å². The Kier molecular flexibility index (Phi) is 7.06. The lowest BCUT2D eigenvalue weighted by Gasteiger charge is -2.26. The summed E-state index contributed by atoms with van der Waals surface area (Å²) >= 11 is 0. The Morgan fingerprint density at radius 3 is 2.45 bits per heavy atom. The molecule has 170 valence electrons. The third-order valence-electron chi connectivity index (χ3n) is 4.98. The summed E-state index contributed by atoms with van der Waals surface area (Å²) in [5.74, 6) is 0.834. The predicted octanol–water partition coefficient (Wildman–Crippen LogP) is 3.23. The van der Waals surface area contributed by atoms with Gasteiger partial charge >= 0.3 is 0 Å². The number of hydrogen-bond acceptors (Lipinski definition) is 6. The van der Waals surface area contributed by atoms with Crippen LogP contribution in [0.5, 0.6) is 17.2 Å². The fourth-order valence-electron chi connectivity index (χ4n) is 3.37. The number of benzene rings is 3. The van der Waals surface area contributed by atoms with E-state index in [1.165, 1.54) is 0 Å². The van der Waals surface area contributed by atoms with Crippen LogP contribution < -0.4 is 30.4 Å². The number of rotatable bonds is 8. The van der Waals surface area contributed by atoms with Crippen LogP contribution in [-0.2, 0) is 9.59 Å². The summed E-state index contributed by atoms with van der Waals surface area (Å²) in [6.07, 6.45) is -0.856. The van der Waals surface area contributed by atoms with Crippen molar-refractivity contribution in [2.75, 3.05) is 18.5 Å². The van der Waals surface area contributed by atoms with Crippen molar-refractivity contribution in [3.8, 4) is 17.2 Å². The van der Waals surface area contributed by atoms with Gasteiger partial charge in [-0.05, 0) is 36.8 Å². The zero-order valence-electron chi connectivity index (χ0n) is 18.1. The molecule has 0 aromatic heterocycles. The number of fused-ring (bicyclic) bond motifs is 1. The average Bonchev–Trinajstić information content (AvgIpc) is 2.86. The summed E-state index contributed by atoms with van der Waals surface area (Å²) in [7, 11) is 0. The minimum absolute atomic E-state index is 0.0639. The number of para-hydroxylation sites is 4. The van der Waals surface area contributed by atoms with Crippen molar-refractivity contribution in [3.05, 3.63) is 84.4 Å². The lowest BCUT2D eigenvalue weighted by atomic mass is 10.1. The molecular weight excluding hydrogens is 422 g/mol. The molecule has 0 saturated carbocycles. The van der Waals surface area contributed by atoms with Gasteiger partial charge in [-0.1, -0.05) is 54.6 Å². The lowest BCUT2D eigenvalue weighted by molar-refractivity contribution is -0.132. The molecule has 0 bridgehead atoms. The maximum absolute atomic E-state index is 13.2. The van der Waals surface area contributed by atoms with Crippen molar-refractivity contribution in [2.24, 2.45) is 0 Å². The quantitative estimate of drug-likeness (QED) is 0.459. The summed E-state index contributed by atoms with van der Waals surface area (Å²) in [6.45, 7) is 2.41. The highest BCUT2D eigenvalue weighted by molar-refractivity contribution is 5.97. The van der Waals surface area contributed by atoms with Crippen LogP contribution in [-0.4, -0.2) is 31.1 Å². The molecule has 3 aromatic rings. The summed E-state index contributed by atoms with van der Waals surface area (Å²) in [4.78, 5) is 25.9. The maximum atomic E-state index is 13.2. The van der Waals surface area contributed by atoms with Crippen LogP contribution in [0.1, 0.15) is 18.5 Å². The van der Waals surface area contributed by atoms with E-state index in [0.717, 1.165) is 0 Å². The normalized spacial score (nSPS) is 15.2. The molecule has 0 unspecified atom stereocenters. The first kappa shape index (κ1) is 22.2. The highest BCUT2D eigenvalue weighted by atomic mass is 16.6. The van der Waals surface area contributed by atoms with Gasteiger partial charge in [0.2, 0.25) is 12.0 Å². The van der Waals surface area contributed by atoms with Crippen molar-refractivity contribution in [2.45, 2.75) is 19.1 Å². The smallest absolute Gasteiger partial charge is 0.278 e. The number of amides is 2. The number of hydrogen-bond donors (Lipinski definition) is 3. The monoisotopic (exact) mass is 447 g/mol. The Balaban J connectivity index is 1.46. The highest BCUT2D eigenvalue weighted by Gasteiger charge is 2.29. The number of hydrazine groups is 1. The third kappa shape index (κ3) is 5.42. The fraction of sp³-hybridized carbons (Fsp3) is 0.200. The average molecular weight is 447 g/mol. The van der Waals surface area contributed by atoms with Crippen LogP contribution in [0.2, 0.25) is 0 Å². The number of nitrogens with one attached hydrogen (secondary N) is 3. The van der Waals surface area contributed by atoms with E-state index in [1.54, 1.807) is 42.5 Å². The molecule has 3 aromatic carbocycles. The number of ether oxygens (including phenoxy) is 3. The second-order valence-electron chi connectivity index (χ2n) is 7.26. The molecule has 1 heterocycles. The van der Waals surface area contributed by atoms with E-state index in [-0.39, 0.29) is 12.5 Å². The van der Waals surface area contributed by atoms with E-state index in [2.05, 4.69) is 16.2 Å². The third-order valence-corrected chi connectivity index (χ3v) is 4.98. The summed E-state index contributed by atoms with van der Waals surface area (Å²) in [6, 6.07) is 22.6. The molecule has 0 aliphatic carbocycles. The van der Waals surface area contributed by atoms with Crippen molar-refractivity contribution in [1.29, 1.82) is 0 Å². The standard InChI is InChI=1S/C25H25N3O5/c1-2-31-19-13-7-6-12-18(19)26-25(30)23(17-10-4-3-5-11-17)27-28-24(29)22-16-32-20-14-8-9-15-21(20)33-22/h3-15,22-23,27H,2,16H2,1H3,(H,26,30)(H,28,29)/t22-,23-/m0/s1. The molecule has 1 aliphatic heterocycles. The van der Waals surface area contributed by atoms with Crippen LogP contribution in [0, 0.1) is 0 Å². The van der Waals surface area contributed by atoms with E-state index < -0.39 is 18.1 Å². The van der Waals surface area contributed by atoms with Crippen LogP contribution >= 0.6 is 0 Å². The largest absolute Gasteiger partial charge is 0.492 e. The van der Waals surface area contributed by atoms with Gasteiger partial charge < -0.3 is 19.5 Å². The Labute approximate surface area is 191 Å². The second kappa shape index (κ2) is 10.5. The number of carbonyl (C=O) groups excluding carboxylic acids is 2. The van der Waals surface area contributed by atoms with Gasteiger partial charge in [0.05, 0.1) is 12.3 Å². The Morgan fingerprint density at radius 2 is 1.67 bits per heavy atom. The minimum atomic E-state index is -0.860. The molecule has 4 rings (SSSR count). The first-order valence-electron chi connectivity index (χ1n) is 10.7. The molecule has 2 amide bonds. The first-order valence-corrected chi connectivity index (χ1v) is 10.7. The molecule has 0 radical (unpaired) electrons. The zero-order chi connectivity index (χ0) is 23.0. The Hall–Kier alpha value is -4.04. The Bertz CT molecular complexity index is 1110. The molecule has 33 heavy (non-hydrogen) atoms. The molecule has 3 N–H and O–H groups in total. The summed E-state index contributed by atoms with van der Waals surface area (Å²) < 4.78 is 16.9. The lowest BCUT2D eigenvalue weighted by Crippen LogP contribution is -2.51. The van der Waals surface area contributed by atoms with Crippen molar-refractivity contribution >= 4 is 17.5 Å². The van der Waals surface area contributed by atoms with Crippen LogP contribution in [0.3, 0.4) is 0 Å². The van der Waals surface area contributed by atoms with Crippen molar-refractivity contribution in [1.82, 2.24) is 10.9 Å². The van der Waals surface area contributed by atoms with Gasteiger partial charge in [-0.25, -0.2) is 5.43 Å². The molecule has 2 atom stereocenters. The molecule has 8 heteroatoms.